The van der Waals surface area contributed by atoms with Gasteiger partial charge < -0.3 is 15.0 Å². The average Bonchev–Trinajstić information content (AvgIpc) is 2.66. The Labute approximate surface area is 171 Å². The van der Waals surface area contributed by atoms with Gasteiger partial charge in [0, 0.05) is 22.9 Å². The van der Waals surface area contributed by atoms with Crippen LogP contribution in [0.15, 0.2) is 53.4 Å². The Morgan fingerprint density at radius 3 is 2.63 bits per heavy atom. The van der Waals surface area contributed by atoms with Gasteiger partial charge in [0.05, 0.1) is 13.2 Å². The van der Waals surface area contributed by atoms with Crippen LogP contribution in [0.2, 0.25) is 5.02 Å². The number of hydrogen-bond donors (Lipinski definition) is 1. The normalized spacial score (nSPS) is 12.0. The molecule has 0 saturated heterocycles. The molecule has 2 aromatic rings. The van der Waals surface area contributed by atoms with E-state index in [0.29, 0.717) is 13.0 Å². The van der Waals surface area contributed by atoms with E-state index in [0.717, 1.165) is 28.5 Å². The quantitative estimate of drug-likeness (QED) is 0.461. The first-order chi connectivity index (χ1) is 13.0. The van der Waals surface area contributed by atoms with Crippen LogP contribution in [0.4, 0.5) is 0 Å². The Morgan fingerprint density at radius 1 is 1.22 bits per heavy atom. The Morgan fingerprint density at radius 2 is 1.96 bits per heavy atom. The van der Waals surface area contributed by atoms with Gasteiger partial charge in [0.25, 0.3) is 0 Å². The lowest BCUT2D eigenvalue weighted by atomic mass is 10.1. The van der Waals surface area contributed by atoms with Crippen LogP contribution >= 0.6 is 23.4 Å². The van der Waals surface area contributed by atoms with E-state index < -0.39 is 0 Å². The van der Waals surface area contributed by atoms with E-state index in [2.05, 4.69) is 16.3 Å². The van der Waals surface area contributed by atoms with Crippen LogP contribution in [0.1, 0.15) is 24.4 Å². The average molecular weight is 407 g/mol. The van der Waals surface area contributed by atoms with Crippen molar-refractivity contribution in [3.63, 3.8) is 0 Å². The van der Waals surface area contributed by atoms with Gasteiger partial charge in [-0.3, -0.25) is 4.79 Å². The van der Waals surface area contributed by atoms with Crippen molar-refractivity contribution < 1.29 is 9.53 Å². The van der Waals surface area contributed by atoms with Crippen molar-refractivity contribution in [3.8, 4) is 5.75 Å². The molecule has 4 nitrogen and oxygen atoms in total. The molecule has 0 spiro atoms. The van der Waals surface area contributed by atoms with Gasteiger partial charge in [0.2, 0.25) is 5.91 Å². The third-order valence-electron chi connectivity index (χ3n) is 4.23. The second-order valence-corrected chi connectivity index (χ2v) is 8.07. The summed E-state index contributed by atoms with van der Waals surface area (Å²) >= 11 is 7.63. The molecule has 0 radical (unpaired) electrons. The fraction of sp³-hybridized carbons (Fsp3) is 0.381. The van der Waals surface area contributed by atoms with Crippen molar-refractivity contribution >= 4 is 29.3 Å². The first-order valence-corrected chi connectivity index (χ1v) is 10.3. The van der Waals surface area contributed by atoms with Gasteiger partial charge in [-0.2, -0.15) is 0 Å². The smallest absolute Gasteiger partial charge is 0.220 e. The highest BCUT2D eigenvalue weighted by Crippen LogP contribution is 2.23. The number of rotatable bonds is 10. The Hall–Kier alpha value is -1.69. The molecule has 0 saturated carbocycles. The summed E-state index contributed by atoms with van der Waals surface area (Å²) in [5, 5.41) is 3.80. The van der Waals surface area contributed by atoms with Crippen LogP contribution in [-0.4, -0.2) is 44.3 Å². The van der Waals surface area contributed by atoms with Crippen molar-refractivity contribution in [1.29, 1.82) is 0 Å². The maximum atomic E-state index is 12.2. The van der Waals surface area contributed by atoms with Crippen LogP contribution < -0.4 is 10.1 Å². The molecule has 0 fully saturated rings. The third-order valence-corrected chi connectivity index (χ3v) is 5.58. The first-order valence-electron chi connectivity index (χ1n) is 8.95. The molecular formula is C21H27ClN2O2S. The Bertz CT molecular complexity index is 722. The predicted octanol–water partition coefficient (Wildman–Crippen LogP) is 4.64. The maximum Gasteiger partial charge on any atom is 0.220 e. The van der Waals surface area contributed by atoms with E-state index in [-0.39, 0.29) is 11.9 Å². The second-order valence-electron chi connectivity index (χ2n) is 6.47. The van der Waals surface area contributed by atoms with Gasteiger partial charge in [0.15, 0.2) is 0 Å². The van der Waals surface area contributed by atoms with Crippen LogP contribution in [0.3, 0.4) is 0 Å². The summed E-state index contributed by atoms with van der Waals surface area (Å²) < 4.78 is 5.30. The van der Waals surface area contributed by atoms with Gasteiger partial charge in [-0.05, 0) is 68.2 Å². The highest BCUT2D eigenvalue weighted by atomic mass is 35.5. The molecular weight excluding hydrogens is 380 g/mol. The van der Waals surface area contributed by atoms with Crippen LogP contribution in [0.25, 0.3) is 0 Å². The second kappa shape index (κ2) is 11.2. The van der Waals surface area contributed by atoms with Crippen LogP contribution in [-0.2, 0) is 4.79 Å². The minimum Gasteiger partial charge on any atom is -0.497 e. The number of halogens is 1. The topological polar surface area (TPSA) is 41.6 Å². The standard InChI is InChI=1S/C21H27ClN2O2S/c1-24(2)20(16-6-4-7-18(14-16)26-3)15-23-21(25)8-5-13-27-19-11-9-17(22)10-12-19/h4,6-7,9-12,14,20H,5,8,13,15H2,1-3H3,(H,23,25). The summed E-state index contributed by atoms with van der Waals surface area (Å²) in [6, 6.07) is 15.8. The Kier molecular flexibility index (Phi) is 8.98. The molecule has 0 aliphatic rings. The number of hydrogen-bond acceptors (Lipinski definition) is 4. The fourth-order valence-electron chi connectivity index (χ4n) is 2.70. The minimum atomic E-state index is 0.0847. The largest absolute Gasteiger partial charge is 0.497 e. The zero-order valence-electron chi connectivity index (χ0n) is 16.1. The molecule has 1 N–H and O–H groups in total. The van der Waals surface area contributed by atoms with Crippen molar-refractivity contribution in [2.45, 2.75) is 23.8 Å². The molecule has 0 aliphatic heterocycles. The van der Waals surface area contributed by atoms with E-state index in [1.165, 1.54) is 4.90 Å². The lowest BCUT2D eigenvalue weighted by molar-refractivity contribution is -0.121. The molecule has 0 heterocycles. The van der Waals surface area contributed by atoms with Crippen LogP contribution in [0.5, 0.6) is 5.75 Å². The number of carbonyl (C=O) groups excluding carboxylic acids is 1. The molecule has 6 heteroatoms. The Balaban J connectivity index is 1.75. The molecule has 2 rings (SSSR count). The predicted molar refractivity (Wildman–Crippen MR) is 114 cm³/mol. The van der Waals surface area contributed by atoms with Gasteiger partial charge in [-0.25, -0.2) is 0 Å². The summed E-state index contributed by atoms with van der Waals surface area (Å²) in [6.45, 7) is 0.573. The number of nitrogens with one attached hydrogen (secondary N) is 1. The highest BCUT2D eigenvalue weighted by Gasteiger charge is 2.15. The lowest BCUT2D eigenvalue weighted by Crippen LogP contribution is -2.34. The summed E-state index contributed by atoms with van der Waals surface area (Å²) in [4.78, 5) is 15.5. The van der Waals surface area contributed by atoms with E-state index in [4.69, 9.17) is 16.3 Å². The molecule has 1 unspecified atom stereocenters. The summed E-state index contributed by atoms with van der Waals surface area (Å²) in [5.74, 6) is 1.81. The number of nitrogens with zero attached hydrogens (tertiary/aromatic N) is 1. The summed E-state index contributed by atoms with van der Waals surface area (Å²) in [5.41, 5.74) is 1.12. The van der Waals surface area contributed by atoms with Gasteiger partial charge in [-0.1, -0.05) is 23.7 Å². The molecule has 0 aromatic heterocycles. The maximum absolute atomic E-state index is 12.2. The lowest BCUT2D eigenvalue weighted by Gasteiger charge is -2.25. The molecule has 0 bridgehead atoms. The summed E-state index contributed by atoms with van der Waals surface area (Å²) in [7, 11) is 5.69. The zero-order chi connectivity index (χ0) is 19.6. The number of thioether (sulfide) groups is 1. The minimum absolute atomic E-state index is 0.0847. The number of ether oxygens (including phenoxy) is 1. The number of carbonyl (C=O) groups is 1. The molecule has 27 heavy (non-hydrogen) atoms. The molecule has 1 amide bonds. The van der Waals surface area contributed by atoms with Crippen molar-refractivity contribution in [1.82, 2.24) is 10.2 Å². The third kappa shape index (κ3) is 7.45. The highest BCUT2D eigenvalue weighted by molar-refractivity contribution is 7.99. The molecule has 0 aliphatic carbocycles. The molecule has 146 valence electrons. The molecule has 1 atom stereocenters. The van der Waals surface area contributed by atoms with E-state index in [1.54, 1.807) is 18.9 Å². The molecule has 2 aromatic carbocycles. The number of amides is 1. The van der Waals surface area contributed by atoms with E-state index in [1.807, 2.05) is 56.6 Å². The van der Waals surface area contributed by atoms with Gasteiger partial charge >= 0.3 is 0 Å². The van der Waals surface area contributed by atoms with Crippen molar-refractivity contribution in [3.05, 3.63) is 59.1 Å². The van der Waals surface area contributed by atoms with Crippen LogP contribution in [0, 0.1) is 0 Å². The van der Waals surface area contributed by atoms with Gasteiger partial charge in [-0.15, -0.1) is 11.8 Å². The first kappa shape index (κ1) is 21.6. The fourth-order valence-corrected chi connectivity index (χ4v) is 3.68. The summed E-state index contributed by atoms with van der Waals surface area (Å²) in [6.07, 6.45) is 1.36. The van der Waals surface area contributed by atoms with Gasteiger partial charge in [0.1, 0.15) is 5.75 Å². The van der Waals surface area contributed by atoms with Crippen molar-refractivity contribution in [2.75, 3.05) is 33.5 Å². The van der Waals surface area contributed by atoms with Crippen molar-refractivity contribution in [2.24, 2.45) is 0 Å². The van der Waals surface area contributed by atoms with E-state index in [9.17, 15) is 4.79 Å². The zero-order valence-corrected chi connectivity index (χ0v) is 17.6. The van der Waals surface area contributed by atoms with E-state index >= 15 is 0 Å². The monoisotopic (exact) mass is 406 g/mol. The number of methoxy groups -OCH3 is 1. The number of benzene rings is 2. The number of likely N-dealkylation sites (N-methyl/N-ethyl adjacent to an activating group) is 1. The SMILES string of the molecule is COc1cccc(C(CNC(=O)CCCSc2ccc(Cl)cc2)N(C)C)c1.